The van der Waals surface area contributed by atoms with Crippen LogP contribution < -0.4 is 5.32 Å². The highest BCUT2D eigenvalue weighted by atomic mass is 16.5. The summed E-state index contributed by atoms with van der Waals surface area (Å²) >= 11 is 0. The monoisotopic (exact) mass is 682 g/mol. The third-order valence-corrected chi connectivity index (χ3v) is 9.94. The molecule has 0 spiro atoms. The Bertz CT molecular complexity index is 687. The highest BCUT2D eigenvalue weighted by molar-refractivity contribution is 5.77. The van der Waals surface area contributed by atoms with Crippen LogP contribution in [-0.2, 0) is 14.3 Å². The lowest BCUT2D eigenvalue weighted by Gasteiger charge is -2.24. The number of hydrogen-bond donors (Lipinski definition) is 3. The second-order valence-corrected chi connectivity index (χ2v) is 14.8. The van der Waals surface area contributed by atoms with Gasteiger partial charge in [-0.15, -0.1) is 0 Å². The van der Waals surface area contributed by atoms with Crippen molar-refractivity contribution in [1.29, 1.82) is 0 Å². The number of esters is 1. The van der Waals surface area contributed by atoms with Crippen LogP contribution >= 0.6 is 0 Å². The molecule has 3 unspecified atom stereocenters. The number of hydrogen-bond acceptors (Lipinski definition) is 5. The van der Waals surface area contributed by atoms with E-state index in [4.69, 9.17) is 4.74 Å². The average Bonchev–Trinajstić information content (AvgIpc) is 3.07. The molecule has 0 aliphatic rings. The zero-order valence-electron chi connectivity index (χ0n) is 32.4. The van der Waals surface area contributed by atoms with Gasteiger partial charge in [0, 0.05) is 6.42 Å². The van der Waals surface area contributed by atoms with Gasteiger partial charge in [0.1, 0.15) is 6.10 Å². The highest BCUT2D eigenvalue weighted by Gasteiger charge is 2.24. The van der Waals surface area contributed by atoms with Crippen LogP contribution in [0.2, 0.25) is 0 Å². The molecule has 0 aliphatic heterocycles. The van der Waals surface area contributed by atoms with Crippen molar-refractivity contribution in [3.8, 4) is 0 Å². The fraction of sp³-hybridized carbons (Fsp3) is 0.952. The van der Waals surface area contributed by atoms with Crippen molar-refractivity contribution in [3.63, 3.8) is 0 Å². The molecule has 0 bridgehead atoms. The molecule has 0 rings (SSSR count). The Labute approximate surface area is 298 Å². The van der Waals surface area contributed by atoms with Gasteiger partial charge in [-0.3, -0.25) is 9.59 Å². The molecule has 0 radical (unpaired) electrons. The first-order valence-corrected chi connectivity index (χ1v) is 21.3. The summed E-state index contributed by atoms with van der Waals surface area (Å²) in [5.74, 6) is -0.465. The van der Waals surface area contributed by atoms with E-state index in [-0.39, 0.29) is 24.9 Å². The summed E-state index contributed by atoms with van der Waals surface area (Å²) in [7, 11) is 0. The van der Waals surface area contributed by atoms with Crippen LogP contribution in [0.1, 0.15) is 233 Å². The van der Waals surface area contributed by atoms with Crippen LogP contribution in [-0.4, -0.2) is 46.9 Å². The number of ether oxygens (including phenoxy) is 1. The minimum Gasteiger partial charge on any atom is -0.462 e. The normalized spacial score (nSPS) is 13.4. The van der Waals surface area contributed by atoms with E-state index in [0.717, 1.165) is 44.9 Å². The molecule has 3 atom stereocenters. The van der Waals surface area contributed by atoms with Gasteiger partial charge in [-0.25, -0.2) is 0 Å². The maximum atomic E-state index is 13.0. The molecule has 0 aromatic rings. The molecule has 286 valence electrons. The predicted molar refractivity (Wildman–Crippen MR) is 204 cm³/mol. The number of carbonyl (C=O) groups excluding carboxylic acids is 2. The number of aliphatic hydroxyl groups excluding tert-OH is 2. The average molecular weight is 682 g/mol. The van der Waals surface area contributed by atoms with Gasteiger partial charge in [0.2, 0.25) is 5.91 Å². The van der Waals surface area contributed by atoms with Crippen LogP contribution in [0.15, 0.2) is 0 Å². The maximum Gasteiger partial charge on any atom is 0.306 e. The van der Waals surface area contributed by atoms with Crippen LogP contribution in [0, 0.1) is 0 Å². The number of amides is 1. The molecule has 3 N–H and O–H groups in total. The summed E-state index contributed by atoms with van der Waals surface area (Å²) < 4.78 is 5.87. The quantitative estimate of drug-likeness (QED) is 0.0445. The van der Waals surface area contributed by atoms with E-state index in [1.807, 2.05) is 0 Å². The summed E-state index contributed by atoms with van der Waals surface area (Å²) in [6.45, 7) is 6.43. The van der Waals surface area contributed by atoms with Gasteiger partial charge >= 0.3 is 5.97 Å². The largest absolute Gasteiger partial charge is 0.462 e. The lowest BCUT2D eigenvalue weighted by atomic mass is 10.0. The first-order chi connectivity index (χ1) is 23.5. The Balaban J connectivity index is 4.54. The summed E-state index contributed by atoms with van der Waals surface area (Å²) in [6, 6.07) is -0.688. The van der Waals surface area contributed by atoms with E-state index in [1.165, 1.54) is 141 Å². The fourth-order valence-electron chi connectivity index (χ4n) is 6.67. The van der Waals surface area contributed by atoms with E-state index in [0.29, 0.717) is 19.3 Å². The molecule has 0 saturated carbocycles. The third kappa shape index (κ3) is 32.1. The molecule has 48 heavy (non-hydrogen) atoms. The molecule has 0 fully saturated rings. The summed E-state index contributed by atoms with van der Waals surface area (Å²) in [6.07, 6.45) is 35.9. The fourth-order valence-corrected chi connectivity index (χ4v) is 6.67. The topological polar surface area (TPSA) is 95.9 Å². The Kier molecular flexibility index (Phi) is 36.2. The van der Waals surface area contributed by atoms with E-state index in [2.05, 4.69) is 26.1 Å². The molecule has 6 nitrogen and oxygen atoms in total. The van der Waals surface area contributed by atoms with Crippen molar-refractivity contribution in [2.24, 2.45) is 0 Å². The van der Waals surface area contributed by atoms with E-state index < -0.39 is 18.2 Å². The van der Waals surface area contributed by atoms with Crippen molar-refractivity contribution >= 4 is 11.9 Å². The van der Waals surface area contributed by atoms with Crippen LogP contribution in [0.5, 0.6) is 0 Å². The van der Waals surface area contributed by atoms with E-state index in [9.17, 15) is 19.8 Å². The molecule has 0 aromatic carbocycles. The van der Waals surface area contributed by atoms with Crippen molar-refractivity contribution < 1.29 is 24.5 Å². The van der Waals surface area contributed by atoms with Crippen molar-refractivity contribution in [2.45, 2.75) is 251 Å². The van der Waals surface area contributed by atoms with Gasteiger partial charge in [0.15, 0.2) is 0 Å². The molecule has 0 heterocycles. The molecular weight excluding hydrogens is 598 g/mol. The standard InChI is InChI=1S/C42H83NO5/c1-4-7-10-13-16-19-20-23-26-29-32-35-42(47)48-38(33-30-27-24-21-17-14-11-8-5-2)36-41(46)43-39(37-44)40(45)34-31-28-25-22-18-15-12-9-6-3/h38-40,44-45H,4-37H2,1-3H3,(H,43,46). The van der Waals surface area contributed by atoms with Crippen LogP contribution in [0.3, 0.4) is 0 Å². The number of aliphatic hydroxyl groups is 2. The molecule has 0 aliphatic carbocycles. The summed E-state index contributed by atoms with van der Waals surface area (Å²) in [4.78, 5) is 25.8. The summed E-state index contributed by atoms with van der Waals surface area (Å²) in [5.41, 5.74) is 0. The Morgan fingerprint density at radius 1 is 0.521 bits per heavy atom. The molecule has 6 heteroatoms. The van der Waals surface area contributed by atoms with Crippen LogP contribution in [0.25, 0.3) is 0 Å². The number of carbonyl (C=O) groups is 2. The van der Waals surface area contributed by atoms with Gasteiger partial charge < -0.3 is 20.3 Å². The second-order valence-electron chi connectivity index (χ2n) is 14.8. The minimum atomic E-state index is -0.775. The zero-order valence-corrected chi connectivity index (χ0v) is 32.4. The van der Waals surface area contributed by atoms with Gasteiger partial charge in [0.05, 0.1) is 25.2 Å². The zero-order chi connectivity index (χ0) is 35.3. The number of nitrogens with one attached hydrogen (secondary N) is 1. The van der Waals surface area contributed by atoms with Crippen molar-refractivity contribution in [3.05, 3.63) is 0 Å². The predicted octanol–water partition coefficient (Wildman–Crippen LogP) is 11.7. The van der Waals surface area contributed by atoms with Crippen LogP contribution in [0.4, 0.5) is 0 Å². The first-order valence-electron chi connectivity index (χ1n) is 21.3. The minimum absolute atomic E-state index is 0.0856. The smallest absolute Gasteiger partial charge is 0.306 e. The first kappa shape index (κ1) is 46.9. The van der Waals surface area contributed by atoms with Gasteiger partial charge in [-0.05, 0) is 25.7 Å². The Morgan fingerprint density at radius 2 is 0.875 bits per heavy atom. The van der Waals surface area contributed by atoms with Gasteiger partial charge in [-0.2, -0.15) is 0 Å². The van der Waals surface area contributed by atoms with Gasteiger partial charge in [0.25, 0.3) is 0 Å². The third-order valence-electron chi connectivity index (χ3n) is 9.94. The van der Waals surface area contributed by atoms with E-state index in [1.54, 1.807) is 0 Å². The van der Waals surface area contributed by atoms with Crippen molar-refractivity contribution in [1.82, 2.24) is 5.32 Å². The Morgan fingerprint density at radius 3 is 1.27 bits per heavy atom. The molecular formula is C42H83NO5. The SMILES string of the molecule is CCCCCCCCCCCCCC(=O)OC(CCCCCCCCCCC)CC(=O)NC(CO)C(O)CCCCCCCCCCC. The maximum absolute atomic E-state index is 13.0. The second kappa shape index (κ2) is 37.1. The number of rotatable bonds is 38. The number of unbranched alkanes of at least 4 members (excludes halogenated alkanes) is 26. The van der Waals surface area contributed by atoms with Crippen molar-refractivity contribution in [2.75, 3.05) is 6.61 Å². The molecule has 1 amide bonds. The lowest BCUT2D eigenvalue weighted by Crippen LogP contribution is -2.46. The van der Waals surface area contributed by atoms with E-state index >= 15 is 0 Å². The Hall–Kier alpha value is -1.14. The molecule has 0 saturated heterocycles. The molecule has 0 aromatic heterocycles. The summed E-state index contributed by atoms with van der Waals surface area (Å²) in [5, 5.41) is 23.5. The highest BCUT2D eigenvalue weighted by Crippen LogP contribution is 2.18. The lowest BCUT2D eigenvalue weighted by molar-refractivity contribution is -0.151. The van der Waals surface area contributed by atoms with Gasteiger partial charge in [-0.1, -0.05) is 194 Å².